The Balaban J connectivity index is 1.29. The molecule has 0 radical (unpaired) electrons. The molecule has 3 aromatic carbocycles. The molecule has 0 saturated carbocycles. The van der Waals surface area contributed by atoms with E-state index in [1.165, 1.54) is 22.3 Å². The molecule has 0 aliphatic heterocycles. The van der Waals surface area contributed by atoms with Gasteiger partial charge < -0.3 is 15.2 Å². The number of alkyl carbamates (subject to hydrolysis) is 1. The molecule has 0 atom stereocenters. The molecule has 2 N–H and O–H groups in total. The summed E-state index contributed by atoms with van der Waals surface area (Å²) in [5.74, 6) is 6.23. The predicted octanol–water partition coefficient (Wildman–Crippen LogP) is 4.77. The number of amides is 1. The maximum atomic E-state index is 12.2. The van der Waals surface area contributed by atoms with Crippen LogP contribution in [0.3, 0.4) is 0 Å². The van der Waals surface area contributed by atoms with Gasteiger partial charge in [-0.05, 0) is 46.4 Å². The van der Waals surface area contributed by atoms with Gasteiger partial charge in [0.25, 0.3) is 0 Å². The number of benzene rings is 3. The number of hydrogen-bond donors (Lipinski definition) is 2. The fraction of sp³-hybridized carbons (Fsp3) is 0.222. The predicted molar refractivity (Wildman–Crippen MR) is 122 cm³/mol. The second-order valence-corrected chi connectivity index (χ2v) is 7.55. The minimum atomic E-state index is -0.429. The summed E-state index contributed by atoms with van der Waals surface area (Å²) >= 11 is 0. The van der Waals surface area contributed by atoms with E-state index in [0.717, 1.165) is 16.7 Å². The molecule has 1 aliphatic rings. The number of aliphatic hydroxyl groups is 1. The van der Waals surface area contributed by atoms with Crippen LogP contribution in [0.2, 0.25) is 0 Å². The third-order valence-corrected chi connectivity index (χ3v) is 5.70. The summed E-state index contributed by atoms with van der Waals surface area (Å²) < 4.78 is 5.53. The minimum Gasteiger partial charge on any atom is -0.449 e. The summed E-state index contributed by atoms with van der Waals surface area (Å²) in [5, 5.41) is 12.1. The summed E-state index contributed by atoms with van der Waals surface area (Å²) in [6.45, 7) is 2.68. The van der Waals surface area contributed by atoms with Gasteiger partial charge in [-0.15, -0.1) is 0 Å². The fourth-order valence-electron chi connectivity index (χ4n) is 4.02. The number of rotatable bonds is 5. The summed E-state index contributed by atoms with van der Waals surface area (Å²) in [6, 6.07) is 22.3. The van der Waals surface area contributed by atoms with Gasteiger partial charge in [0, 0.05) is 24.4 Å². The summed E-state index contributed by atoms with van der Waals surface area (Å²) in [4.78, 5) is 12.2. The Morgan fingerprint density at radius 3 is 2.35 bits per heavy atom. The van der Waals surface area contributed by atoms with Crippen LogP contribution < -0.4 is 5.32 Å². The van der Waals surface area contributed by atoms with E-state index in [9.17, 15) is 9.90 Å². The Hall–Kier alpha value is -3.55. The monoisotopic (exact) mass is 411 g/mol. The van der Waals surface area contributed by atoms with E-state index in [2.05, 4.69) is 41.4 Å². The van der Waals surface area contributed by atoms with Gasteiger partial charge in [-0.2, -0.15) is 0 Å². The Kier molecular flexibility index (Phi) is 6.35. The average molecular weight is 412 g/mol. The SMILES string of the molecule is Cc1c(C#CCCNC(=O)OCC2c3ccccc3-c3ccccc32)cccc1CO. The molecule has 4 nitrogen and oxygen atoms in total. The highest BCUT2D eigenvalue weighted by molar-refractivity contribution is 5.79. The molecule has 0 unspecified atom stereocenters. The number of carbonyl (C=O) groups is 1. The number of ether oxygens (including phenoxy) is 1. The van der Waals surface area contributed by atoms with E-state index in [1.54, 1.807) is 0 Å². The molecule has 0 aromatic heterocycles. The summed E-state index contributed by atoms with van der Waals surface area (Å²) in [7, 11) is 0. The molecule has 0 saturated heterocycles. The van der Waals surface area contributed by atoms with Crippen LogP contribution in [0.15, 0.2) is 66.7 Å². The number of nitrogens with one attached hydrogen (secondary N) is 1. The van der Waals surface area contributed by atoms with Crippen molar-refractivity contribution < 1.29 is 14.6 Å². The van der Waals surface area contributed by atoms with E-state index < -0.39 is 6.09 Å². The van der Waals surface area contributed by atoms with Gasteiger partial charge in [0.1, 0.15) is 6.61 Å². The summed E-state index contributed by atoms with van der Waals surface area (Å²) in [6.07, 6.45) is 0.0922. The Morgan fingerprint density at radius 2 is 1.68 bits per heavy atom. The normalized spacial score (nSPS) is 11.8. The quantitative estimate of drug-likeness (QED) is 0.470. The lowest BCUT2D eigenvalue weighted by Gasteiger charge is -2.14. The third-order valence-electron chi connectivity index (χ3n) is 5.70. The van der Waals surface area contributed by atoms with E-state index >= 15 is 0 Å². The maximum Gasteiger partial charge on any atom is 0.407 e. The molecule has 0 spiro atoms. The zero-order chi connectivity index (χ0) is 21.6. The first-order valence-electron chi connectivity index (χ1n) is 10.5. The molecule has 4 heteroatoms. The van der Waals surface area contributed by atoms with Crippen molar-refractivity contribution in [2.75, 3.05) is 13.2 Å². The number of hydrogen-bond acceptors (Lipinski definition) is 3. The zero-order valence-electron chi connectivity index (χ0n) is 17.5. The first-order valence-corrected chi connectivity index (χ1v) is 10.5. The topological polar surface area (TPSA) is 58.6 Å². The van der Waals surface area contributed by atoms with Crippen molar-refractivity contribution in [2.24, 2.45) is 0 Å². The first-order chi connectivity index (χ1) is 15.2. The highest BCUT2D eigenvalue weighted by atomic mass is 16.5. The Bertz CT molecular complexity index is 1110. The number of aliphatic hydroxyl groups excluding tert-OH is 1. The van der Waals surface area contributed by atoms with E-state index in [0.29, 0.717) is 19.6 Å². The lowest BCUT2D eigenvalue weighted by atomic mass is 9.98. The molecule has 156 valence electrons. The molecular weight excluding hydrogens is 386 g/mol. The second-order valence-electron chi connectivity index (χ2n) is 7.55. The van der Waals surface area contributed by atoms with Crippen LogP contribution in [-0.4, -0.2) is 24.4 Å². The standard InChI is InChI=1S/C27H25NO3/c1-19-20(10-8-11-21(19)17-29)9-6-7-16-28-27(30)31-18-26-24-14-4-2-12-22(24)23-13-3-5-15-25(23)26/h2-5,8,10-15,26,29H,7,16-18H2,1H3,(H,28,30). The minimum absolute atomic E-state index is 0.00466. The van der Waals surface area contributed by atoms with Crippen molar-refractivity contribution in [1.82, 2.24) is 5.32 Å². The molecule has 3 aromatic rings. The van der Waals surface area contributed by atoms with Crippen molar-refractivity contribution >= 4 is 6.09 Å². The van der Waals surface area contributed by atoms with Gasteiger partial charge in [-0.25, -0.2) is 4.79 Å². The molecule has 1 aliphatic carbocycles. The van der Waals surface area contributed by atoms with Crippen LogP contribution in [0.5, 0.6) is 0 Å². The molecule has 0 fully saturated rings. The van der Waals surface area contributed by atoms with Crippen LogP contribution in [0.4, 0.5) is 4.79 Å². The van der Waals surface area contributed by atoms with Gasteiger partial charge in [-0.1, -0.05) is 72.5 Å². The van der Waals surface area contributed by atoms with Gasteiger partial charge in [-0.3, -0.25) is 0 Å². The van der Waals surface area contributed by atoms with Crippen LogP contribution in [0.25, 0.3) is 11.1 Å². The highest BCUT2D eigenvalue weighted by Gasteiger charge is 2.28. The Labute approximate surface area is 182 Å². The third kappa shape index (κ3) is 4.47. The van der Waals surface area contributed by atoms with Crippen LogP contribution in [-0.2, 0) is 11.3 Å². The van der Waals surface area contributed by atoms with E-state index in [4.69, 9.17) is 4.74 Å². The van der Waals surface area contributed by atoms with E-state index in [1.807, 2.05) is 49.4 Å². The number of fused-ring (bicyclic) bond motifs is 3. The number of carbonyl (C=O) groups excluding carboxylic acids is 1. The van der Waals surface area contributed by atoms with Crippen molar-refractivity contribution in [1.29, 1.82) is 0 Å². The largest absolute Gasteiger partial charge is 0.449 e. The molecule has 0 bridgehead atoms. The highest BCUT2D eigenvalue weighted by Crippen LogP contribution is 2.44. The van der Waals surface area contributed by atoms with Crippen molar-refractivity contribution in [3.63, 3.8) is 0 Å². The molecule has 4 rings (SSSR count). The molecule has 0 heterocycles. The van der Waals surface area contributed by atoms with Gasteiger partial charge in [0.15, 0.2) is 0 Å². The lowest BCUT2D eigenvalue weighted by Crippen LogP contribution is -2.26. The van der Waals surface area contributed by atoms with Crippen LogP contribution in [0.1, 0.15) is 40.2 Å². The lowest BCUT2D eigenvalue weighted by molar-refractivity contribution is 0.143. The van der Waals surface area contributed by atoms with E-state index in [-0.39, 0.29) is 12.5 Å². The molecular formula is C27H25NO3. The van der Waals surface area contributed by atoms with Gasteiger partial charge in [0.05, 0.1) is 6.61 Å². The Morgan fingerprint density at radius 1 is 1.00 bits per heavy atom. The molecule has 1 amide bonds. The molecule has 31 heavy (non-hydrogen) atoms. The van der Waals surface area contributed by atoms with Crippen LogP contribution in [0, 0.1) is 18.8 Å². The second kappa shape index (κ2) is 9.51. The van der Waals surface area contributed by atoms with Crippen molar-refractivity contribution in [2.45, 2.75) is 25.9 Å². The summed E-state index contributed by atoms with van der Waals surface area (Å²) in [5.41, 5.74) is 7.58. The van der Waals surface area contributed by atoms with Gasteiger partial charge >= 0.3 is 6.09 Å². The average Bonchev–Trinajstić information content (AvgIpc) is 3.12. The first kappa shape index (κ1) is 20.7. The fourth-order valence-corrected chi connectivity index (χ4v) is 4.02. The van der Waals surface area contributed by atoms with Crippen molar-refractivity contribution in [3.8, 4) is 23.0 Å². The van der Waals surface area contributed by atoms with Crippen molar-refractivity contribution in [3.05, 3.63) is 94.5 Å². The zero-order valence-corrected chi connectivity index (χ0v) is 17.5. The van der Waals surface area contributed by atoms with Gasteiger partial charge in [0.2, 0.25) is 0 Å². The maximum absolute atomic E-state index is 12.2. The van der Waals surface area contributed by atoms with Crippen LogP contribution >= 0.6 is 0 Å². The smallest absolute Gasteiger partial charge is 0.407 e.